The third-order valence-electron chi connectivity index (χ3n) is 2.56. The molecule has 3 heterocycles. The van der Waals surface area contributed by atoms with Crippen molar-refractivity contribution in [2.24, 2.45) is 0 Å². The number of rotatable bonds is 2. The van der Waals surface area contributed by atoms with Crippen molar-refractivity contribution in [3.63, 3.8) is 0 Å². The van der Waals surface area contributed by atoms with Gasteiger partial charge in [-0.05, 0) is 28.1 Å². The van der Waals surface area contributed by atoms with Crippen molar-refractivity contribution in [2.45, 2.75) is 0 Å². The van der Waals surface area contributed by atoms with Gasteiger partial charge in [0.05, 0.1) is 0 Å². The van der Waals surface area contributed by atoms with Gasteiger partial charge >= 0.3 is 6.09 Å². The molecule has 0 bridgehead atoms. The first-order valence-corrected chi connectivity index (χ1v) is 6.38. The summed E-state index contributed by atoms with van der Waals surface area (Å²) in [7, 11) is 0. The van der Waals surface area contributed by atoms with E-state index in [4.69, 9.17) is 5.11 Å². The van der Waals surface area contributed by atoms with Gasteiger partial charge in [0.25, 0.3) is 0 Å². The Morgan fingerprint density at radius 2 is 2.20 bits per heavy atom. The second-order valence-corrected chi connectivity index (χ2v) is 4.89. The minimum absolute atomic E-state index is 0.427. The second-order valence-electron chi connectivity index (χ2n) is 3.97. The van der Waals surface area contributed by atoms with Crippen LogP contribution in [0.2, 0.25) is 0 Å². The van der Waals surface area contributed by atoms with Gasteiger partial charge in [0.15, 0.2) is 11.5 Å². The van der Waals surface area contributed by atoms with E-state index in [1.54, 1.807) is 29.2 Å². The van der Waals surface area contributed by atoms with Gasteiger partial charge in [0.1, 0.15) is 0 Å². The number of carboxylic acid groups (broad SMARTS) is 1. The van der Waals surface area contributed by atoms with Crippen LogP contribution in [0.1, 0.15) is 0 Å². The predicted octanol–water partition coefficient (Wildman–Crippen LogP) is 2.67. The lowest BCUT2D eigenvalue weighted by Gasteiger charge is -2.03. The zero-order valence-electron chi connectivity index (χ0n) is 9.99. The zero-order chi connectivity index (χ0) is 14.1. The van der Waals surface area contributed by atoms with E-state index in [1.807, 2.05) is 6.07 Å². The molecule has 7 nitrogen and oxygen atoms in total. The quantitative estimate of drug-likeness (QED) is 0.752. The number of carbonyl (C=O) groups is 1. The van der Waals surface area contributed by atoms with Crippen LogP contribution in [0.3, 0.4) is 0 Å². The molecule has 3 rings (SSSR count). The number of nitrogens with one attached hydrogen (secondary N) is 1. The molecule has 0 atom stereocenters. The summed E-state index contributed by atoms with van der Waals surface area (Å²) in [5.41, 5.74) is 1.02. The fourth-order valence-electron chi connectivity index (χ4n) is 1.75. The Morgan fingerprint density at radius 3 is 3.00 bits per heavy atom. The van der Waals surface area contributed by atoms with E-state index in [0.29, 0.717) is 17.2 Å². The molecule has 3 aromatic rings. The van der Waals surface area contributed by atoms with Crippen LogP contribution in [-0.2, 0) is 0 Å². The fourth-order valence-corrected chi connectivity index (χ4v) is 2.10. The first-order valence-electron chi connectivity index (χ1n) is 5.59. The number of hydrogen-bond acceptors (Lipinski definition) is 4. The Morgan fingerprint density at radius 1 is 1.35 bits per heavy atom. The van der Waals surface area contributed by atoms with Gasteiger partial charge in [0.2, 0.25) is 0 Å². The van der Waals surface area contributed by atoms with Crippen molar-refractivity contribution in [1.82, 2.24) is 19.7 Å². The van der Waals surface area contributed by atoms with E-state index < -0.39 is 6.09 Å². The van der Waals surface area contributed by atoms with Gasteiger partial charge in [-0.25, -0.2) is 19.4 Å². The summed E-state index contributed by atoms with van der Waals surface area (Å²) in [6, 6.07) is 5.05. The number of aromatic nitrogens is 4. The molecule has 3 aromatic heterocycles. The SMILES string of the molecule is O=C(O)Nc1ccnc(-n2cc3cc(Br)cnc3n2)c1. The fraction of sp³-hybridized carbons (Fsp3) is 0. The van der Waals surface area contributed by atoms with Gasteiger partial charge < -0.3 is 5.11 Å². The van der Waals surface area contributed by atoms with Crippen LogP contribution >= 0.6 is 15.9 Å². The molecular weight excluding hydrogens is 326 g/mol. The standard InChI is InChI=1S/C12H8BrN5O2/c13-8-3-7-6-18(17-11(7)15-5-8)10-4-9(1-2-14-10)16-12(19)20/h1-6H,(H,14,16)(H,19,20). The van der Waals surface area contributed by atoms with E-state index in [-0.39, 0.29) is 0 Å². The Labute approximate surface area is 121 Å². The zero-order valence-corrected chi connectivity index (χ0v) is 11.6. The van der Waals surface area contributed by atoms with Crippen molar-refractivity contribution in [1.29, 1.82) is 0 Å². The number of halogens is 1. The van der Waals surface area contributed by atoms with Gasteiger partial charge in [-0.3, -0.25) is 5.32 Å². The molecule has 0 spiro atoms. The highest BCUT2D eigenvalue weighted by molar-refractivity contribution is 9.10. The molecule has 20 heavy (non-hydrogen) atoms. The Balaban J connectivity index is 2.03. The minimum atomic E-state index is -1.13. The molecular formula is C12H8BrN5O2. The highest BCUT2D eigenvalue weighted by Gasteiger charge is 2.07. The molecule has 0 radical (unpaired) electrons. The summed E-state index contributed by atoms with van der Waals surface area (Å²) < 4.78 is 2.41. The third-order valence-corrected chi connectivity index (χ3v) is 2.99. The van der Waals surface area contributed by atoms with Gasteiger partial charge in [0, 0.05) is 40.2 Å². The number of hydrogen-bond donors (Lipinski definition) is 2. The van der Waals surface area contributed by atoms with Crippen LogP contribution in [0.25, 0.3) is 16.9 Å². The average Bonchev–Trinajstić information content (AvgIpc) is 2.81. The molecule has 0 unspecified atom stereocenters. The van der Waals surface area contributed by atoms with Crippen LogP contribution in [-0.4, -0.2) is 30.9 Å². The number of amides is 1. The molecule has 0 aliphatic rings. The van der Waals surface area contributed by atoms with Crippen LogP contribution in [0, 0.1) is 0 Å². The van der Waals surface area contributed by atoms with Crippen molar-refractivity contribution in [3.05, 3.63) is 41.3 Å². The monoisotopic (exact) mass is 333 g/mol. The number of anilines is 1. The summed E-state index contributed by atoms with van der Waals surface area (Å²) in [6.07, 6.45) is 3.82. The molecule has 0 fully saturated rings. The number of nitrogens with zero attached hydrogens (tertiary/aromatic N) is 4. The first-order chi connectivity index (χ1) is 9.61. The van der Waals surface area contributed by atoms with Crippen molar-refractivity contribution in [2.75, 3.05) is 5.32 Å². The van der Waals surface area contributed by atoms with Gasteiger partial charge in [-0.15, -0.1) is 5.10 Å². The summed E-state index contributed by atoms with van der Waals surface area (Å²) in [6.45, 7) is 0. The molecule has 0 saturated heterocycles. The summed E-state index contributed by atoms with van der Waals surface area (Å²) in [5, 5.41) is 16.1. The largest absolute Gasteiger partial charge is 0.465 e. The van der Waals surface area contributed by atoms with Crippen LogP contribution in [0.15, 0.2) is 41.3 Å². The number of fused-ring (bicyclic) bond motifs is 1. The van der Waals surface area contributed by atoms with Crippen LogP contribution in [0.4, 0.5) is 10.5 Å². The topological polar surface area (TPSA) is 92.9 Å². The highest BCUT2D eigenvalue weighted by atomic mass is 79.9. The highest BCUT2D eigenvalue weighted by Crippen LogP contribution is 2.18. The Bertz CT molecular complexity index is 801. The van der Waals surface area contributed by atoms with Crippen molar-refractivity contribution >= 4 is 38.7 Å². The normalized spacial score (nSPS) is 10.7. The average molecular weight is 334 g/mol. The van der Waals surface area contributed by atoms with Gasteiger partial charge in [-0.2, -0.15) is 0 Å². The summed E-state index contributed by atoms with van der Waals surface area (Å²) in [5.74, 6) is 0.505. The van der Waals surface area contributed by atoms with Crippen LogP contribution < -0.4 is 5.32 Å². The smallest absolute Gasteiger partial charge is 0.409 e. The van der Waals surface area contributed by atoms with E-state index in [1.165, 1.54) is 6.20 Å². The maximum absolute atomic E-state index is 10.6. The lowest BCUT2D eigenvalue weighted by Crippen LogP contribution is -2.08. The van der Waals surface area contributed by atoms with E-state index >= 15 is 0 Å². The third kappa shape index (κ3) is 2.45. The van der Waals surface area contributed by atoms with E-state index in [0.717, 1.165) is 9.86 Å². The van der Waals surface area contributed by atoms with Crippen molar-refractivity contribution in [3.8, 4) is 5.82 Å². The molecule has 0 aromatic carbocycles. The maximum Gasteiger partial charge on any atom is 0.409 e. The van der Waals surface area contributed by atoms with Crippen molar-refractivity contribution < 1.29 is 9.90 Å². The molecule has 0 aliphatic heterocycles. The molecule has 2 N–H and O–H groups in total. The Hall–Kier alpha value is -2.48. The predicted molar refractivity (Wildman–Crippen MR) is 76.0 cm³/mol. The molecule has 8 heteroatoms. The van der Waals surface area contributed by atoms with Gasteiger partial charge in [-0.1, -0.05) is 0 Å². The molecule has 0 saturated carbocycles. The molecule has 1 amide bonds. The van der Waals surface area contributed by atoms with Crippen LogP contribution in [0.5, 0.6) is 0 Å². The lowest BCUT2D eigenvalue weighted by molar-refractivity contribution is 0.210. The molecule has 100 valence electrons. The minimum Gasteiger partial charge on any atom is -0.465 e. The first kappa shape index (κ1) is 12.5. The van der Waals surface area contributed by atoms with E-state index in [2.05, 4.69) is 36.3 Å². The summed E-state index contributed by atoms with van der Waals surface area (Å²) in [4.78, 5) is 19.0. The van der Waals surface area contributed by atoms with E-state index in [9.17, 15) is 4.79 Å². The second kappa shape index (κ2) is 4.89. The Kier molecular flexibility index (Phi) is 3.07. The maximum atomic E-state index is 10.6. The number of pyridine rings is 2. The lowest BCUT2D eigenvalue weighted by atomic mass is 10.3. The molecule has 0 aliphatic carbocycles. The summed E-state index contributed by atoms with van der Waals surface area (Å²) >= 11 is 3.35.